The van der Waals surface area contributed by atoms with E-state index in [4.69, 9.17) is 37.4 Å². The van der Waals surface area contributed by atoms with Gasteiger partial charge in [-0.1, -0.05) is 23.2 Å². The first-order chi connectivity index (χ1) is 17.2. The highest BCUT2D eigenvalue weighted by Crippen LogP contribution is 2.36. The minimum absolute atomic E-state index is 0.0358. The summed E-state index contributed by atoms with van der Waals surface area (Å²) in [5.74, 6) is -0.984. The second-order valence-electron chi connectivity index (χ2n) is 7.19. The number of carbonyl (C=O) groups is 2. The van der Waals surface area contributed by atoms with E-state index in [2.05, 4.69) is 4.99 Å². The van der Waals surface area contributed by atoms with Crippen molar-refractivity contribution in [2.45, 2.75) is 0 Å². The van der Waals surface area contributed by atoms with Gasteiger partial charge in [-0.25, -0.2) is 14.6 Å². The summed E-state index contributed by atoms with van der Waals surface area (Å²) in [4.78, 5) is 39.6. The lowest BCUT2D eigenvalue weighted by atomic mass is 10.1. The van der Waals surface area contributed by atoms with Crippen molar-refractivity contribution in [3.8, 4) is 11.5 Å². The standard InChI is InChI=1S/C24H13Cl2IN2O7/c1-34-20-10-12(8-17(27)21(20)35-23(30)13-2-5-15(25)6-3-13)9-18-24(31)36-22(28-18)14-4-7-16(26)19(11-14)29(32)33/h2-11H,1H3/b18-9-. The third kappa shape index (κ3) is 5.50. The van der Waals surface area contributed by atoms with Crippen LogP contribution < -0.4 is 9.47 Å². The summed E-state index contributed by atoms with van der Waals surface area (Å²) >= 11 is 13.7. The van der Waals surface area contributed by atoms with Gasteiger partial charge in [-0.15, -0.1) is 0 Å². The molecule has 0 fully saturated rings. The van der Waals surface area contributed by atoms with Crippen molar-refractivity contribution in [1.29, 1.82) is 0 Å². The zero-order chi connectivity index (χ0) is 26.0. The van der Waals surface area contributed by atoms with Crippen LogP contribution in [0.5, 0.6) is 11.5 Å². The van der Waals surface area contributed by atoms with E-state index in [-0.39, 0.29) is 39.4 Å². The minimum Gasteiger partial charge on any atom is -0.493 e. The van der Waals surface area contributed by atoms with Gasteiger partial charge in [0.15, 0.2) is 17.2 Å². The summed E-state index contributed by atoms with van der Waals surface area (Å²) < 4.78 is 16.6. The van der Waals surface area contributed by atoms with Crippen LogP contribution in [0.2, 0.25) is 10.0 Å². The molecule has 182 valence electrons. The number of halogens is 3. The molecule has 0 radical (unpaired) electrons. The number of rotatable bonds is 6. The first-order valence-electron chi connectivity index (χ1n) is 9.98. The molecule has 0 aromatic heterocycles. The molecule has 1 heterocycles. The van der Waals surface area contributed by atoms with Gasteiger partial charge in [0.2, 0.25) is 5.90 Å². The Labute approximate surface area is 227 Å². The van der Waals surface area contributed by atoms with Crippen LogP contribution in [0.4, 0.5) is 5.69 Å². The lowest BCUT2D eigenvalue weighted by Gasteiger charge is -2.12. The molecule has 9 nitrogen and oxygen atoms in total. The lowest BCUT2D eigenvalue weighted by Crippen LogP contribution is -2.10. The largest absolute Gasteiger partial charge is 0.493 e. The van der Waals surface area contributed by atoms with E-state index in [9.17, 15) is 19.7 Å². The molecule has 0 unspecified atom stereocenters. The van der Waals surface area contributed by atoms with Gasteiger partial charge in [-0.3, -0.25) is 10.1 Å². The SMILES string of the molecule is COc1cc(/C=C2\N=C(c3ccc(Cl)c([N+](=O)[O-])c3)OC2=O)cc(I)c1OC(=O)c1ccc(Cl)cc1. The molecule has 1 aliphatic heterocycles. The normalized spacial score (nSPS) is 13.8. The number of nitro groups is 1. The Kier molecular flexibility index (Phi) is 7.57. The fourth-order valence-electron chi connectivity index (χ4n) is 3.14. The van der Waals surface area contributed by atoms with Crippen LogP contribution in [0.1, 0.15) is 21.5 Å². The smallest absolute Gasteiger partial charge is 0.363 e. The van der Waals surface area contributed by atoms with E-state index in [0.717, 1.165) is 0 Å². The van der Waals surface area contributed by atoms with Gasteiger partial charge in [0.1, 0.15) is 5.02 Å². The molecule has 4 rings (SSSR count). The Bertz CT molecular complexity index is 1470. The summed E-state index contributed by atoms with van der Waals surface area (Å²) in [7, 11) is 1.41. The van der Waals surface area contributed by atoms with E-state index < -0.39 is 16.9 Å². The zero-order valence-electron chi connectivity index (χ0n) is 18.2. The predicted octanol–water partition coefficient (Wildman–Crippen LogP) is 6.08. The van der Waals surface area contributed by atoms with Crippen LogP contribution in [0.15, 0.2) is 65.3 Å². The number of nitro benzene ring substituents is 1. The van der Waals surface area contributed by atoms with Crippen molar-refractivity contribution >= 4 is 75.4 Å². The van der Waals surface area contributed by atoms with Gasteiger partial charge >= 0.3 is 11.9 Å². The van der Waals surface area contributed by atoms with Gasteiger partial charge in [0.25, 0.3) is 5.69 Å². The fourth-order valence-corrected chi connectivity index (χ4v) is 4.18. The molecule has 3 aromatic carbocycles. The number of carbonyl (C=O) groups excluding carboxylic acids is 2. The minimum atomic E-state index is -0.741. The number of aliphatic imine (C=N–C) groups is 1. The number of ether oxygens (including phenoxy) is 3. The van der Waals surface area contributed by atoms with Crippen LogP contribution in [0, 0.1) is 13.7 Å². The number of hydrogen-bond donors (Lipinski definition) is 0. The maximum atomic E-state index is 12.5. The zero-order valence-corrected chi connectivity index (χ0v) is 21.8. The Morgan fingerprint density at radius 2 is 1.86 bits per heavy atom. The second kappa shape index (κ2) is 10.6. The molecule has 0 aliphatic carbocycles. The summed E-state index contributed by atoms with van der Waals surface area (Å²) in [6.45, 7) is 0. The lowest BCUT2D eigenvalue weighted by molar-refractivity contribution is -0.384. The van der Waals surface area contributed by atoms with Gasteiger partial charge in [0, 0.05) is 16.7 Å². The topological polar surface area (TPSA) is 117 Å². The Hall–Kier alpha value is -3.48. The number of methoxy groups -OCH3 is 1. The maximum absolute atomic E-state index is 12.5. The molecular weight excluding hydrogens is 626 g/mol. The molecule has 0 saturated heterocycles. The molecule has 12 heteroatoms. The van der Waals surface area contributed by atoms with Gasteiger partial charge in [-0.2, -0.15) is 0 Å². The molecule has 1 aliphatic rings. The van der Waals surface area contributed by atoms with Gasteiger partial charge in [0.05, 0.1) is 21.2 Å². The van der Waals surface area contributed by atoms with Crippen molar-refractivity contribution < 1.29 is 28.7 Å². The van der Waals surface area contributed by atoms with E-state index in [0.29, 0.717) is 19.7 Å². The van der Waals surface area contributed by atoms with E-state index in [1.165, 1.54) is 31.4 Å². The van der Waals surface area contributed by atoms with Crippen LogP contribution in [0.25, 0.3) is 6.08 Å². The van der Waals surface area contributed by atoms with Gasteiger partial charge in [-0.05, 0) is 82.8 Å². The van der Waals surface area contributed by atoms with Crippen molar-refractivity contribution in [2.24, 2.45) is 4.99 Å². The van der Waals surface area contributed by atoms with E-state index >= 15 is 0 Å². The number of cyclic esters (lactones) is 1. The molecular formula is C24H13Cl2IN2O7. The molecule has 0 amide bonds. The molecule has 0 bridgehead atoms. The maximum Gasteiger partial charge on any atom is 0.363 e. The van der Waals surface area contributed by atoms with Crippen LogP contribution in [-0.2, 0) is 9.53 Å². The Balaban J connectivity index is 1.63. The summed E-state index contributed by atoms with van der Waals surface area (Å²) in [6, 6.07) is 13.4. The third-order valence-corrected chi connectivity index (χ3v) is 6.21. The van der Waals surface area contributed by atoms with Crippen LogP contribution >= 0.6 is 45.8 Å². The fraction of sp³-hybridized carbons (Fsp3) is 0.0417. The second-order valence-corrected chi connectivity index (χ2v) is 9.20. The van der Waals surface area contributed by atoms with Crippen molar-refractivity contribution in [1.82, 2.24) is 0 Å². The molecule has 3 aromatic rings. The Morgan fingerprint density at radius 3 is 2.53 bits per heavy atom. The summed E-state index contributed by atoms with van der Waals surface area (Å²) in [5.41, 5.74) is 0.669. The molecule has 36 heavy (non-hydrogen) atoms. The number of hydrogen-bond acceptors (Lipinski definition) is 8. The van der Waals surface area contributed by atoms with Crippen molar-refractivity contribution in [3.05, 3.63) is 101 Å². The Morgan fingerprint density at radius 1 is 1.14 bits per heavy atom. The highest BCUT2D eigenvalue weighted by Gasteiger charge is 2.26. The first kappa shape index (κ1) is 25.6. The summed E-state index contributed by atoms with van der Waals surface area (Å²) in [6.07, 6.45) is 1.45. The van der Waals surface area contributed by atoms with Crippen LogP contribution in [0.3, 0.4) is 0 Å². The van der Waals surface area contributed by atoms with E-state index in [1.54, 1.807) is 36.4 Å². The van der Waals surface area contributed by atoms with Crippen LogP contribution in [-0.4, -0.2) is 29.9 Å². The number of nitrogens with zero attached hydrogens (tertiary/aromatic N) is 2. The predicted molar refractivity (Wildman–Crippen MR) is 141 cm³/mol. The number of esters is 2. The molecule has 0 saturated carbocycles. The molecule has 0 atom stereocenters. The molecule has 0 N–H and O–H groups in total. The highest BCUT2D eigenvalue weighted by molar-refractivity contribution is 14.1. The third-order valence-electron chi connectivity index (χ3n) is 4.84. The van der Waals surface area contributed by atoms with Gasteiger partial charge < -0.3 is 14.2 Å². The van der Waals surface area contributed by atoms with E-state index in [1.807, 2.05) is 22.6 Å². The molecule has 0 spiro atoms. The average molecular weight is 639 g/mol. The summed E-state index contributed by atoms with van der Waals surface area (Å²) in [5, 5.41) is 11.6. The first-order valence-corrected chi connectivity index (χ1v) is 11.8. The van der Waals surface area contributed by atoms with Crippen molar-refractivity contribution in [2.75, 3.05) is 7.11 Å². The highest BCUT2D eigenvalue weighted by atomic mass is 127. The average Bonchev–Trinajstić information content (AvgIpc) is 3.20. The number of benzene rings is 3. The van der Waals surface area contributed by atoms with Crippen molar-refractivity contribution in [3.63, 3.8) is 0 Å². The quantitative estimate of drug-likeness (QED) is 0.0802. The monoisotopic (exact) mass is 638 g/mol.